The molecule has 76 valence electrons. The lowest BCUT2D eigenvalue weighted by molar-refractivity contribution is -0.140. The Kier molecular flexibility index (Phi) is 2.90. The normalized spacial score (nSPS) is 19.9. The van der Waals surface area contributed by atoms with Gasteiger partial charge in [0.05, 0.1) is 11.5 Å². The summed E-state index contributed by atoms with van der Waals surface area (Å²) in [6, 6.07) is 1.84. The van der Waals surface area contributed by atoms with Crippen molar-refractivity contribution in [3.63, 3.8) is 0 Å². The molecule has 0 aromatic rings. The molecular formula is C10H14N2O2. The summed E-state index contributed by atoms with van der Waals surface area (Å²) < 4.78 is 0. The van der Waals surface area contributed by atoms with Gasteiger partial charge in [0, 0.05) is 6.42 Å². The fraction of sp³-hybridized carbons (Fsp3) is 0.700. The van der Waals surface area contributed by atoms with Crippen molar-refractivity contribution >= 4 is 11.8 Å². The Hall–Kier alpha value is -1.37. The number of amides is 2. The fourth-order valence-electron chi connectivity index (χ4n) is 1.89. The summed E-state index contributed by atoms with van der Waals surface area (Å²) in [6.45, 7) is 3.70. The van der Waals surface area contributed by atoms with E-state index in [1.807, 2.05) is 19.9 Å². The first-order valence-electron chi connectivity index (χ1n) is 4.83. The molecule has 0 saturated carbocycles. The van der Waals surface area contributed by atoms with Crippen molar-refractivity contribution in [3.05, 3.63) is 0 Å². The Labute approximate surface area is 83.5 Å². The van der Waals surface area contributed by atoms with E-state index >= 15 is 0 Å². The lowest BCUT2D eigenvalue weighted by Crippen LogP contribution is -2.35. The molecule has 1 aliphatic rings. The molecule has 0 N–H and O–H groups in total. The zero-order chi connectivity index (χ0) is 10.8. The van der Waals surface area contributed by atoms with Gasteiger partial charge in [0.15, 0.2) is 0 Å². The quantitative estimate of drug-likeness (QED) is 0.499. The van der Waals surface area contributed by atoms with Gasteiger partial charge in [-0.05, 0) is 12.8 Å². The standard InChI is InChI=1S/C10H14N2O2/c1-3-10(4-2)7-8(13)12(6-5-11)9(10)14/h3-4,6-7H2,1-2H3. The molecule has 1 heterocycles. The molecule has 1 saturated heterocycles. The summed E-state index contributed by atoms with van der Waals surface area (Å²) in [5.74, 6) is -0.380. The van der Waals surface area contributed by atoms with Crippen LogP contribution < -0.4 is 0 Å². The van der Waals surface area contributed by atoms with Crippen molar-refractivity contribution in [3.8, 4) is 6.07 Å². The Bertz CT molecular complexity index is 300. The summed E-state index contributed by atoms with van der Waals surface area (Å²) >= 11 is 0. The highest BCUT2D eigenvalue weighted by Gasteiger charge is 2.48. The van der Waals surface area contributed by atoms with Gasteiger partial charge in [-0.3, -0.25) is 14.5 Å². The molecule has 0 bridgehead atoms. The number of hydrogen-bond acceptors (Lipinski definition) is 3. The Morgan fingerprint density at radius 2 is 2.00 bits per heavy atom. The number of imide groups is 1. The first kappa shape index (κ1) is 10.7. The number of carbonyl (C=O) groups excluding carboxylic acids is 2. The van der Waals surface area contributed by atoms with E-state index in [2.05, 4.69) is 0 Å². The minimum atomic E-state index is -0.534. The van der Waals surface area contributed by atoms with Crippen LogP contribution in [0.3, 0.4) is 0 Å². The molecular weight excluding hydrogens is 180 g/mol. The van der Waals surface area contributed by atoms with Gasteiger partial charge in [0.25, 0.3) is 0 Å². The lowest BCUT2D eigenvalue weighted by Gasteiger charge is -2.22. The van der Waals surface area contributed by atoms with Gasteiger partial charge in [0.2, 0.25) is 11.8 Å². The molecule has 1 fully saturated rings. The molecule has 0 aliphatic carbocycles. The van der Waals surface area contributed by atoms with Crippen LogP contribution in [0, 0.1) is 16.7 Å². The minimum Gasteiger partial charge on any atom is -0.274 e. The fourth-order valence-corrected chi connectivity index (χ4v) is 1.89. The van der Waals surface area contributed by atoms with Gasteiger partial charge in [-0.25, -0.2) is 0 Å². The third-order valence-corrected chi connectivity index (χ3v) is 3.07. The number of nitrogens with zero attached hydrogens (tertiary/aromatic N) is 2. The molecule has 0 atom stereocenters. The number of likely N-dealkylation sites (tertiary alicyclic amines) is 1. The third kappa shape index (κ3) is 1.39. The van der Waals surface area contributed by atoms with E-state index in [0.717, 1.165) is 4.90 Å². The predicted octanol–water partition coefficient (Wildman–Crippen LogP) is 1.08. The van der Waals surface area contributed by atoms with Gasteiger partial charge in [-0.1, -0.05) is 13.8 Å². The average molecular weight is 194 g/mol. The van der Waals surface area contributed by atoms with Crippen LogP contribution in [0.2, 0.25) is 0 Å². The number of carbonyl (C=O) groups is 2. The van der Waals surface area contributed by atoms with Crippen molar-refractivity contribution < 1.29 is 9.59 Å². The predicted molar refractivity (Wildman–Crippen MR) is 50.0 cm³/mol. The maximum absolute atomic E-state index is 11.8. The second-order valence-electron chi connectivity index (χ2n) is 3.61. The average Bonchev–Trinajstić information content (AvgIpc) is 2.43. The Balaban J connectivity index is 2.94. The minimum absolute atomic E-state index is 0.112. The van der Waals surface area contributed by atoms with E-state index in [4.69, 9.17) is 5.26 Å². The van der Waals surface area contributed by atoms with E-state index in [1.54, 1.807) is 0 Å². The molecule has 0 aromatic carbocycles. The van der Waals surface area contributed by atoms with Gasteiger partial charge in [-0.2, -0.15) is 5.26 Å². The molecule has 14 heavy (non-hydrogen) atoms. The van der Waals surface area contributed by atoms with Crippen LogP contribution in [-0.4, -0.2) is 23.3 Å². The molecule has 0 aromatic heterocycles. The first-order chi connectivity index (χ1) is 6.61. The molecule has 2 amide bonds. The summed E-state index contributed by atoms with van der Waals surface area (Å²) in [5.41, 5.74) is -0.534. The van der Waals surface area contributed by atoms with Gasteiger partial charge < -0.3 is 0 Å². The SMILES string of the molecule is CCC1(CC)CC(=O)N(CC#N)C1=O. The number of nitriles is 1. The molecule has 0 unspecified atom stereocenters. The monoisotopic (exact) mass is 194 g/mol. The second-order valence-corrected chi connectivity index (χ2v) is 3.61. The van der Waals surface area contributed by atoms with Crippen LogP contribution >= 0.6 is 0 Å². The Morgan fingerprint density at radius 3 is 2.36 bits per heavy atom. The topological polar surface area (TPSA) is 61.2 Å². The van der Waals surface area contributed by atoms with Gasteiger partial charge in [-0.15, -0.1) is 0 Å². The van der Waals surface area contributed by atoms with Crippen LogP contribution in [-0.2, 0) is 9.59 Å². The van der Waals surface area contributed by atoms with E-state index in [-0.39, 0.29) is 24.8 Å². The van der Waals surface area contributed by atoms with Crippen molar-refractivity contribution in [2.24, 2.45) is 5.41 Å². The highest BCUT2D eigenvalue weighted by atomic mass is 16.2. The van der Waals surface area contributed by atoms with Crippen molar-refractivity contribution in [1.82, 2.24) is 4.90 Å². The van der Waals surface area contributed by atoms with Crippen LogP contribution in [0.5, 0.6) is 0 Å². The maximum atomic E-state index is 11.8. The largest absolute Gasteiger partial charge is 0.274 e. The maximum Gasteiger partial charge on any atom is 0.236 e. The van der Waals surface area contributed by atoms with Crippen molar-refractivity contribution in [2.45, 2.75) is 33.1 Å². The Morgan fingerprint density at radius 1 is 1.43 bits per heavy atom. The highest BCUT2D eigenvalue weighted by Crippen LogP contribution is 2.38. The third-order valence-electron chi connectivity index (χ3n) is 3.07. The summed E-state index contributed by atoms with van der Waals surface area (Å²) in [6.07, 6.45) is 1.59. The van der Waals surface area contributed by atoms with Gasteiger partial charge >= 0.3 is 0 Å². The molecule has 4 nitrogen and oxygen atoms in total. The van der Waals surface area contributed by atoms with Crippen LogP contribution in [0.25, 0.3) is 0 Å². The molecule has 0 spiro atoms. The van der Waals surface area contributed by atoms with Crippen LogP contribution in [0.4, 0.5) is 0 Å². The zero-order valence-electron chi connectivity index (χ0n) is 8.54. The molecule has 1 rings (SSSR count). The summed E-state index contributed by atoms with van der Waals surface area (Å²) in [4.78, 5) is 24.4. The van der Waals surface area contributed by atoms with E-state index in [1.165, 1.54) is 0 Å². The van der Waals surface area contributed by atoms with E-state index < -0.39 is 5.41 Å². The van der Waals surface area contributed by atoms with Crippen molar-refractivity contribution in [2.75, 3.05) is 6.54 Å². The number of hydrogen-bond donors (Lipinski definition) is 0. The van der Waals surface area contributed by atoms with Crippen LogP contribution in [0.15, 0.2) is 0 Å². The number of rotatable bonds is 3. The van der Waals surface area contributed by atoms with Crippen LogP contribution in [0.1, 0.15) is 33.1 Å². The van der Waals surface area contributed by atoms with Gasteiger partial charge in [0.1, 0.15) is 6.54 Å². The highest BCUT2D eigenvalue weighted by molar-refractivity contribution is 6.06. The second kappa shape index (κ2) is 3.79. The summed E-state index contributed by atoms with van der Waals surface area (Å²) in [7, 11) is 0. The lowest BCUT2D eigenvalue weighted by atomic mass is 9.81. The van der Waals surface area contributed by atoms with E-state index in [0.29, 0.717) is 12.8 Å². The molecule has 0 radical (unpaired) electrons. The smallest absolute Gasteiger partial charge is 0.236 e. The zero-order valence-corrected chi connectivity index (χ0v) is 8.54. The van der Waals surface area contributed by atoms with E-state index in [9.17, 15) is 9.59 Å². The first-order valence-corrected chi connectivity index (χ1v) is 4.83. The molecule has 1 aliphatic heterocycles. The molecule has 4 heteroatoms. The summed E-state index contributed by atoms with van der Waals surface area (Å²) in [5, 5.41) is 8.48. The van der Waals surface area contributed by atoms with Crippen molar-refractivity contribution in [1.29, 1.82) is 5.26 Å².